The monoisotopic (exact) mass is 594 g/mol. The van der Waals surface area contributed by atoms with Gasteiger partial charge in [-0.2, -0.15) is 5.26 Å². The first kappa shape index (κ1) is 28.6. The number of hydrogen-bond donors (Lipinski definition) is 2. The van der Waals surface area contributed by atoms with Gasteiger partial charge in [0.05, 0.1) is 48.2 Å². The minimum absolute atomic E-state index is 0.131. The quantitative estimate of drug-likeness (QED) is 0.167. The number of hydrogen-bond acceptors (Lipinski definition) is 8. The maximum atomic E-state index is 9.94. The minimum atomic E-state index is 0.131. The highest BCUT2D eigenvalue weighted by Gasteiger charge is 2.16. The number of rotatable bonds is 10. The van der Waals surface area contributed by atoms with Gasteiger partial charge in [-0.25, -0.2) is 0 Å². The Hall–Kier alpha value is -4.55. The number of nitriles is 1. The Labute approximate surface area is 255 Å². The molecule has 2 heterocycles. The highest BCUT2D eigenvalue weighted by atomic mass is 35.5. The third kappa shape index (κ3) is 6.60. The van der Waals surface area contributed by atoms with Gasteiger partial charge in [-0.3, -0.25) is 4.98 Å². The first-order chi connectivity index (χ1) is 21.1. The molecule has 1 fully saturated rings. The van der Waals surface area contributed by atoms with Gasteiger partial charge < -0.3 is 29.6 Å². The molecule has 1 aliphatic rings. The van der Waals surface area contributed by atoms with Crippen molar-refractivity contribution in [2.45, 2.75) is 19.1 Å². The molecule has 6 rings (SSSR count). The molecular weight excluding hydrogens is 564 g/mol. The fourth-order valence-corrected chi connectivity index (χ4v) is 5.35. The summed E-state index contributed by atoms with van der Waals surface area (Å²) in [4.78, 5) is 4.57. The summed E-state index contributed by atoms with van der Waals surface area (Å²) in [6.07, 6.45) is 2.48. The molecule has 43 heavy (non-hydrogen) atoms. The van der Waals surface area contributed by atoms with Crippen LogP contribution in [0.1, 0.15) is 17.5 Å². The first-order valence-corrected chi connectivity index (χ1v) is 14.5. The maximum absolute atomic E-state index is 9.94. The van der Waals surface area contributed by atoms with Gasteiger partial charge in [0.2, 0.25) is 0 Å². The zero-order chi connectivity index (χ0) is 29.6. The van der Waals surface area contributed by atoms with Crippen LogP contribution in [0.5, 0.6) is 17.2 Å². The number of aromatic nitrogens is 1. The molecule has 218 valence electrons. The van der Waals surface area contributed by atoms with Crippen molar-refractivity contribution in [2.24, 2.45) is 0 Å². The van der Waals surface area contributed by atoms with Gasteiger partial charge in [-0.05, 0) is 58.8 Å². The van der Waals surface area contributed by atoms with Crippen LogP contribution in [0.25, 0.3) is 21.7 Å². The molecule has 9 heteroatoms. The van der Waals surface area contributed by atoms with Crippen LogP contribution in [0, 0.1) is 11.3 Å². The van der Waals surface area contributed by atoms with E-state index in [9.17, 15) is 5.26 Å². The number of halogens is 1. The van der Waals surface area contributed by atoms with Crippen LogP contribution in [0.15, 0.2) is 79.0 Å². The number of methoxy groups -OCH3 is 1. The van der Waals surface area contributed by atoms with E-state index in [0.717, 1.165) is 52.4 Å². The number of anilines is 2. The number of fused-ring (bicyclic) bond motifs is 2. The van der Waals surface area contributed by atoms with Gasteiger partial charge in [0.15, 0.2) is 11.5 Å². The van der Waals surface area contributed by atoms with E-state index < -0.39 is 0 Å². The van der Waals surface area contributed by atoms with Crippen molar-refractivity contribution in [2.75, 3.05) is 38.7 Å². The molecule has 4 aromatic carbocycles. The number of benzene rings is 4. The van der Waals surface area contributed by atoms with Gasteiger partial charge >= 0.3 is 0 Å². The Balaban J connectivity index is 1.27. The second-order valence-corrected chi connectivity index (χ2v) is 10.7. The van der Waals surface area contributed by atoms with E-state index in [1.54, 1.807) is 19.4 Å². The third-order valence-corrected chi connectivity index (χ3v) is 7.66. The Morgan fingerprint density at radius 1 is 1.02 bits per heavy atom. The smallest absolute Gasteiger partial charge is 0.161 e. The minimum Gasteiger partial charge on any atom is -0.493 e. The van der Waals surface area contributed by atoms with Crippen molar-refractivity contribution in [1.29, 1.82) is 5.26 Å². The first-order valence-electron chi connectivity index (χ1n) is 14.1. The number of nitrogens with one attached hydrogen (secondary N) is 2. The lowest BCUT2D eigenvalue weighted by atomic mass is 10.0. The summed E-state index contributed by atoms with van der Waals surface area (Å²) in [5, 5.41) is 19.8. The standard InChI is InChI=1S/C34H31ClN4O4/c1-40-32-15-24-14-30-28(13-23(24)16-33(32)42-11-9-27-20-37-10-12-41-27)34(25(18-36)19-38-30)39-26-7-8-31(29(35)17-26)43-21-22-5-3-2-4-6-22/h2-8,13-17,19,27,37H,9-12,20-21H2,1H3,(H,38,39). The lowest BCUT2D eigenvalue weighted by Gasteiger charge is -2.23. The molecule has 0 amide bonds. The average molecular weight is 595 g/mol. The van der Waals surface area contributed by atoms with Crippen LogP contribution in [-0.4, -0.2) is 44.5 Å². The fraction of sp³-hybridized carbons (Fsp3) is 0.235. The van der Waals surface area contributed by atoms with Crippen molar-refractivity contribution in [3.8, 4) is 23.3 Å². The number of ether oxygens (including phenoxy) is 4. The van der Waals surface area contributed by atoms with Gasteiger partial charge in [0.1, 0.15) is 18.4 Å². The number of morpholine rings is 1. The summed E-state index contributed by atoms with van der Waals surface area (Å²) in [6.45, 7) is 3.33. The topological polar surface area (TPSA) is 97.7 Å². The molecule has 0 saturated carbocycles. The summed E-state index contributed by atoms with van der Waals surface area (Å²) in [6, 6.07) is 25.6. The van der Waals surface area contributed by atoms with Gasteiger partial charge in [0.25, 0.3) is 0 Å². The average Bonchev–Trinajstić information content (AvgIpc) is 3.04. The largest absolute Gasteiger partial charge is 0.493 e. The van der Waals surface area contributed by atoms with Gasteiger partial charge in [0, 0.05) is 36.8 Å². The highest BCUT2D eigenvalue weighted by Crippen LogP contribution is 2.38. The molecule has 0 radical (unpaired) electrons. The molecule has 8 nitrogen and oxygen atoms in total. The van der Waals surface area contributed by atoms with Crippen molar-refractivity contribution in [3.63, 3.8) is 0 Å². The van der Waals surface area contributed by atoms with E-state index in [0.29, 0.717) is 53.3 Å². The number of pyridine rings is 1. The van der Waals surface area contributed by atoms with E-state index in [1.807, 2.05) is 66.7 Å². The van der Waals surface area contributed by atoms with E-state index >= 15 is 0 Å². The summed E-state index contributed by atoms with van der Waals surface area (Å²) in [7, 11) is 1.63. The number of nitrogens with zero attached hydrogens (tertiary/aromatic N) is 2. The summed E-state index contributed by atoms with van der Waals surface area (Å²) in [5.41, 5.74) is 3.57. The SMILES string of the molecule is COc1cc2cc3ncc(C#N)c(Nc4ccc(OCc5ccccc5)c(Cl)c4)c3cc2cc1OCCC1CNCCO1. The Morgan fingerprint density at radius 3 is 2.63 bits per heavy atom. The molecule has 1 unspecified atom stereocenters. The zero-order valence-corrected chi connectivity index (χ0v) is 24.5. The summed E-state index contributed by atoms with van der Waals surface area (Å²) in [5.74, 6) is 1.87. The lowest BCUT2D eigenvalue weighted by Crippen LogP contribution is -2.39. The summed E-state index contributed by atoms with van der Waals surface area (Å²) < 4.78 is 23.5. The highest BCUT2D eigenvalue weighted by molar-refractivity contribution is 6.32. The molecule has 2 N–H and O–H groups in total. The molecule has 1 atom stereocenters. The molecule has 0 aliphatic carbocycles. The van der Waals surface area contributed by atoms with Crippen LogP contribution >= 0.6 is 11.6 Å². The molecule has 1 aliphatic heterocycles. The molecule has 1 aromatic heterocycles. The summed E-state index contributed by atoms with van der Waals surface area (Å²) >= 11 is 6.59. The third-order valence-electron chi connectivity index (χ3n) is 7.37. The van der Waals surface area contributed by atoms with Crippen molar-refractivity contribution < 1.29 is 18.9 Å². The molecule has 5 aromatic rings. The predicted octanol–water partition coefficient (Wildman–Crippen LogP) is 7.00. The zero-order valence-electron chi connectivity index (χ0n) is 23.7. The van der Waals surface area contributed by atoms with E-state index in [2.05, 4.69) is 21.7 Å². The maximum Gasteiger partial charge on any atom is 0.161 e. The van der Waals surface area contributed by atoms with Crippen molar-refractivity contribution >= 4 is 44.7 Å². The molecule has 0 bridgehead atoms. The van der Waals surface area contributed by atoms with E-state index in [4.69, 9.17) is 30.5 Å². The van der Waals surface area contributed by atoms with Crippen LogP contribution < -0.4 is 24.8 Å². The second kappa shape index (κ2) is 13.2. The van der Waals surface area contributed by atoms with Gasteiger partial charge in [-0.1, -0.05) is 41.9 Å². The van der Waals surface area contributed by atoms with Crippen LogP contribution in [-0.2, 0) is 11.3 Å². The normalized spacial score (nSPS) is 14.8. The Kier molecular flexibility index (Phi) is 8.75. The van der Waals surface area contributed by atoms with Crippen molar-refractivity contribution in [1.82, 2.24) is 10.3 Å². The lowest BCUT2D eigenvalue weighted by molar-refractivity contribution is 0.0157. The van der Waals surface area contributed by atoms with E-state index in [1.165, 1.54) is 0 Å². The van der Waals surface area contributed by atoms with Crippen LogP contribution in [0.4, 0.5) is 11.4 Å². The predicted molar refractivity (Wildman–Crippen MR) is 169 cm³/mol. The second-order valence-electron chi connectivity index (χ2n) is 10.3. The Morgan fingerprint density at radius 2 is 1.86 bits per heavy atom. The van der Waals surface area contributed by atoms with Crippen molar-refractivity contribution in [3.05, 3.63) is 95.1 Å². The Bertz CT molecular complexity index is 1790. The van der Waals surface area contributed by atoms with Gasteiger partial charge in [-0.15, -0.1) is 0 Å². The van der Waals surface area contributed by atoms with Crippen LogP contribution in [0.3, 0.4) is 0 Å². The fourth-order valence-electron chi connectivity index (χ4n) is 5.12. The molecular formula is C34H31ClN4O4. The molecule has 0 spiro atoms. The van der Waals surface area contributed by atoms with E-state index in [-0.39, 0.29) is 6.10 Å². The van der Waals surface area contributed by atoms with Crippen LogP contribution in [0.2, 0.25) is 5.02 Å². The molecule has 1 saturated heterocycles.